The van der Waals surface area contributed by atoms with E-state index in [2.05, 4.69) is 6.92 Å². The molecule has 0 saturated heterocycles. The number of aliphatic carboxylic acids is 2. The van der Waals surface area contributed by atoms with E-state index in [1.165, 1.54) is 44.9 Å². The highest BCUT2D eigenvalue weighted by molar-refractivity contribution is 5.87. The topological polar surface area (TPSA) is 74.6 Å². The summed E-state index contributed by atoms with van der Waals surface area (Å²) >= 11 is 0. The van der Waals surface area contributed by atoms with E-state index in [0.717, 1.165) is 19.3 Å². The minimum absolute atomic E-state index is 0.322. The van der Waals surface area contributed by atoms with Crippen molar-refractivity contribution in [3.8, 4) is 0 Å². The fourth-order valence-corrected chi connectivity index (χ4v) is 4.54. The first-order chi connectivity index (χ1) is 12.5. The summed E-state index contributed by atoms with van der Waals surface area (Å²) in [5.74, 6) is -1.90. The van der Waals surface area contributed by atoms with Crippen LogP contribution in [0.1, 0.15) is 104 Å². The molecule has 1 aliphatic rings. The lowest BCUT2D eigenvalue weighted by atomic mass is 9.54. The Hall–Kier alpha value is -1.32. The number of allylic oxidation sites excluding steroid dienone is 2. The smallest absolute Gasteiger partial charge is 0.311 e. The molecule has 0 heterocycles. The fraction of sp³-hybridized carbons (Fsp3) is 0.818. The van der Waals surface area contributed by atoms with Gasteiger partial charge in [-0.1, -0.05) is 90.2 Å². The van der Waals surface area contributed by atoms with Gasteiger partial charge < -0.3 is 10.2 Å². The quantitative estimate of drug-likeness (QED) is 0.283. The third-order valence-corrected chi connectivity index (χ3v) is 6.39. The van der Waals surface area contributed by atoms with Crippen LogP contribution in [0, 0.1) is 10.8 Å². The van der Waals surface area contributed by atoms with E-state index in [0.29, 0.717) is 25.7 Å². The van der Waals surface area contributed by atoms with Crippen LogP contribution < -0.4 is 0 Å². The molecule has 150 valence electrons. The minimum Gasteiger partial charge on any atom is -0.481 e. The molecule has 4 heteroatoms. The average molecular weight is 367 g/mol. The van der Waals surface area contributed by atoms with E-state index in [1.54, 1.807) is 0 Å². The Balaban J connectivity index is 2.49. The van der Waals surface area contributed by atoms with Gasteiger partial charge in [-0.3, -0.25) is 9.59 Å². The number of rotatable bonds is 14. The number of hydrogen-bond donors (Lipinski definition) is 2. The maximum absolute atomic E-state index is 12.1. The summed E-state index contributed by atoms with van der Waals surface area (Å²) in [5, 5.41) is 19.8. The second kappa shape index (κ2) is 11.4. The summed E-state index contributed by atoms with van der Waals surface area (Å²) in [6.07, 6.45) is 17.1. The molecule has 26 heavy (non-hydrogen) atoms. The molecule has 0 aromatic carbocycles. The molecule has 0 amide bonds. The van der Waals surface area contributed by atoms with E-state index in [9.17, 15) is 19.8 Å². The summed E-state index contributed by atoms with van der Waals surface area (Å²) in [5.41, 5.74) is -2.34. The van der Waals surface area contributed by atoms with E-state index in [4.69, 9.17) is 0 Å². The monoisotopic (exact) mass is 366 g/mol. The largest absolute Gasteiger partial charge is 0.481 e. The molecule has 2 N–H and O–H groups in total. The molecule has 1 aliphatic carbocycles. The molecule has 0 aliphatic heterocycles. The van der Waals surface area contributed by atoms with Gasteiger partial charge in [-0.25, -0.2) is 0 Å². The lowest BCUT2D eigenvalue weighted by Gasteiger charge is -2.46. The molecule has 0 aromatic rings. The first-order valence-electron chi connectivity index (χ1n) is 10.6. The number of carbonyl (C=O) groups is 2. The Morgan fingerprint density at radius 1 is 0.731 bits per heavy atom. The van der Waals surface area contributed by atoms with Crippen LogP contribution in [0.4, 0.5) is 0 Å². The van der Waals surface area contributed by atoms with Crippen molar-refractivity contribution in [1.29, 1.82) is 0 Å². The summed E-state index contributed by atoms with van der Waals surface area (Å²) in [4.78, 5) is 24.2. The highest BCUT2D eigenvalue weighted by Gasteiger charge is 2.59. The molecule has 1 rings (SSSR count). The first-order valence-corrected chi connectivity index (χ1v) is 10.6. The van der Waals surface area contributed by atoms with Crippen molar-refractivity contribution < 1.29 is 19.8 Å². The normalized spacial score (nSPS) is 25.3. The predicted molar refractivity (Wildman–Crippen MR) is 105 cm³/mol. The van der Waals surface area contributed by atoms with Crippen LogP contribution in [0.25, 0.3) is 0 Å². The van der Waals surface area contributed by atoms with Crippen molar-refractivity contribution in [1.82, 2.24) is 0 Å². The van der Waals surface area contributed by atoms with Gasteiger partial charge in [0.2, 0.25) is 0 Å². The second-order valence-corrected chi connectivity index (χ2v) is 7.94. The molecule has 2 atom stereocenters. The first kappa shape index (κ1) is 22.7. The van der Waals surface area contributed by atoms with Crippen molar-refractivity contribution in [3.05, 3.63) is 12.2 Å². The molecule has 2 unspecified atom stereocenters. The van der Waals surface area contributed by atoms with Gasteiger partial charge in [0, 0.05) is 0 Å². The van der Waals surface area contributed by atoms with Gasteiger partial charge >= 0.3 is 11.9 Å². The Labute approximate surface area is 159 Å². The van der Waals surface area contributed by atoms with Crippen LogP contribution in [0.3, 0.4) is 0 Å². The standard InChI is InChI=1S/C22H38O4/c1-3-5-6-7-8-9-10-11-12-13-17-22(20(25)26)18-15-14-16-21(22,4-2)19(23)24/h14-15H,3-13,16-18H2,1-2H3,(H,23,24)(H,25,26). The molecule has 0 radical (unpaired) electrons. The zero-order valence-corrected chi connectivity index (χ0v) is 16.8. The van der Waals surface area contributed by atoms with Gasteiger partial charge in [-0.2, -0.15) is 0 Å². The highest BCUT2D eigenvalue weighted by Crippen LogP contribution is 2.54. The Morgan fingerprint density at radius 2 is 1.15 bits per heavy atom. The lowest BCUT2D eigenvalue weighted by molar-refractivity contribution is -0.176. The maximum atomic E-state index is 12.1. The molecule has 0 aromatic heterocycles. The molecular weight excluding hydrogens is 328 g/mol. The third kappa shape index (κ3) is 5.34. The fourth-order valence-electron chi connectivity index (χ4n) is 4.54. The van der Waals surface area contributed by atoms with Gasteiger partial charge in [0.25, 0.3) is 0 Å². The van der Waals surface area contributed by atoms with Crippen LogP contribution in [0.5, 0.6) is 0 Å². The van der Waals surface area contributed by atoms with Crippen molar-refractivity contribution in [2.24, 2.45) is 10.8 Å². The highest BCUT2D eigenvalue weighted by atomic mass is 16.4. The Bertz CT molecular complexity index is 471. The van der Waals surface area contributed by atoms with E-state index in [1.807, 2.05) is 19.1 Å². The van der Waals surface area contributed by atoms with Gasteiger partial charge in [0.15, 0.2) is 0 Å². The predicted octanol–water partition coefficient (Wildman–Crippen LogP) is 6.20. The van der Waals surface area contributed by atoms with Crippen LogP contribution in [-0.2, 0) is 9.59 Å². The number of carboxylic acid groups (broad SMARTS) is 2. The van der Waals surface area contributed by atoms with Crippen LogP contribution in [0.15, 0.2) is 12.2 Å². The Kier molecular flexibility index (Phi) is 9.97. The molecule has 0 saturated carbocycles. The number of carboxylic acids is 2. The zero-order chi connectivity index (χ0) is 19.5. The SMILES string of the molecule is CCCCCCCCCCCCC1(C(=O)O)CC=CCC1(CC)C(=O)O. The summed E-state index contributed by atoms with van der Waals surface area (Å²) in [6.45, 7) is 4.03. The maximum Gasteiger partial charge on any atom is 0.311 e. The van der Waals surface area contributed by atoms with E-state index in [-0.39, 0.29) is 0 Å². The summed E-state index contributed by atoms with van der Waals surface area (Å²) < 4.78 is 0. The van der Waals surface area contributed by atoms with Gasteiger partial charge in [-0.05, 0) is 25.7 Å². The van der Waals surface area contributed by atoms with Crippen LogP contribution >= 0.6 is 0 Å². The van der Waals surface area contributed by atoms with Gasteiger partial charge in [-0.15, -0.1) is 0 Å². The summed E-state index contributed by atoms with van der Waals surface area (Å²) in [6, 6.07) is 0. The van der Waals surface area contributed by atoms with Crippen LogP contribution in [-0.4, -0.2) is 22.2 Å². The van der Waals surface area contributed by atoms with Crippen LogP contribution in [0.2, 0.25) is 0 Å². The third-order valence-electron chi connectivity index (χ3n) is 6.39. The Morgan fingerprint density at radius 3 is 1.58 bits per heavy atom. The average Bonchev–Trinajstić information content (AvgIpc) is 2.63. The molecule has 0 bridgehead atoms. The van der Waals surface area contributed by atoms with Crippen molar-refractivity contribution in [2.75, 3.05) is 0 Å². The van der Waals surface area contributed by atoms with Crippen molar-refractivity contribution >= 4 is 11.9 Å². The van der Waals surface area contributed by atoms with Crippen molar-refractivity contribution in [3.63, 3.8) is 0 Å². The number of unbranched alkanes of at least 4 members (excludes halogenated alkanes) is 9. The zero-order valence-electron chi connectivity index (χ0n) is 16.8. The van der Waals surface area contributed by atoms with Gasteiger partial charge in [0.05, 0.1) is 10.8 Å². The molecular formula is C22H38O4. The van der Waals surface area contributed by atoms with E-state index < -0.39 is 22.8 Å². The lowest BCUT2D eigenvalue weighted by Crippen LogP contribution is -2.53. The van der Waals surface area contributed by atoms with Crippen molar-refractivity contribution in [2.45, 2.75) is 104 Å². The molecule has 0 fully saturated rings. The van der Waals surface area contributed by atoms with E-state index >= 15 is 0 Å². The molecule has 0 spiro atoms. The summed E-state index contributed by atoms with van der Waals surface area (Å²) in [7, 11) is 0. The molecule has 4 nitrogen and oxygen atoms in total. The second-order valence-electron chi connectivity index (χ2n) is 7.94. The van der Waals surface area contributed by atoms with Gasteiger partial charge in [0.1, 0.15) is 0 Å². The number of hydrogen-bond acceptors (Lipinski definition) is 2. The minimum atomic E-state index is -1.17.